The first-order valence-electron chi connectivity index (χ1n) is 11.4. The number of rotatable bonds is 11. The number of esters is 1. The van der Waals surface area contributed by atoms with Gasteiger partial charge in [0.25, 0.3) is 0 Å². The van der Waals surface area contributed by atoms with Gasteiger partial charge in [-0.25, -0.2) is 19.2 Å². The average molecular weight is 506 g/mol. The maximum absolute atomic E-state index is 14.3. The smallest absolute Gasteiger partial charge is 0.433 e. The zero-order valence-electron chi connectivity index (χ0n) is 19.8. The molecule has 0 saturated heterocycles. The maximum Gasteiger partial charge on any atom is 0.433 e. The first-order chi connectivity index (χ1) is 17.2. The minimum Gasteiger partial charge on any atom is -0.493 e. The van der Waals surface area contributed by atoms with Crippen LogP contribution in [0, 0.1) is 5.82 Å². The number of carbonyl (C=O) groups is 1. The quantitative estimate of drug-likeness (QED) is 0.255. The monoisotopic (exact) mass is 506 g/mol. The minimum absolute atomic E-state index is 0.133. The molecule has 3 aromatic rings. The van der Waals surface area contributed by atoms with E-state index < -0.39 is 29.8 Å². The van der Waals surface area contributed by atoms with Crippen LogP contribution < -0.4 is 4.74 Å². The summed E-state index contributed by atoms with van der Waals surface area (Å²) in [6, 6.07) is 11.8. The lowest BCUT2D eigenvalue weighted by Crippen LogP contribution is -2.28. The van der Waals surface area contributed by atoms with E-state index in [4.69, 9.17) is 14.2 Å². The molecule has 0 radical (unpaired) electrons. The lowest BCUT2D eigenvalue weighted by Gasteiger charge is -2.16. The minimum atomic E-state index is -4.60. The van der Waals surface area contributed by atoms with Gasteiger partial charge in [-0.3, -0.25) is 0 Å². The van der Waals surface area contributed by atoms with Crippen molar-refractivity contribution in [2.75, 3.05) is 19.8 Å². The van der Waals surface area contributed by atoms with Crippen molar-refractivity contribution in [1.82, 2.24) is 9.97 Å². The van der Waals surface area contributed by atoms with Crippen molar-refractivity contribution in [2.45, 2.75) is 39.0 Å². The summed E-state index contributed by atoms with van der Waals surface area (Å²) in [6.07, 6.45) is -3.76. The molecule has 1 heterocycles. The number of carbonyl (C=O) groups excluding carboxylic acids is 1. The predicted molar refractivity (Wildman–Crippen MR) is 124 cm³/mol. The predicted octanol–water partition coefficient (Wildman–Crippen LogP) is 5.43. The van der Waals surface area contributed by atoms with Crippen LogP contribution in [-0.2, 0) is 33.3 Å². The zero-order chi connectivity index (χ0) is 26.1. The number of aromatic nitrogens is 2. The van der Waals surface area contributed by atoms with Crippen LogP contribution >= 0.6 is 0 Å². The van der Waals surface area contributed by atoms with E-state index in [1.165, 1.54) is 18.2 Å². The highest BCUT2D eigenvalue weighted by molar-refractivity contribution is 5.75. The van der Waals surface area contributed by atoms with Gasteiger partial charge < -0.3 is 14.2 Å². The van der Waals surface area contributed by atoms with E-state index in [2.05, 4.69) is 9.97 Å². The first kappa shape index (κ1) is 27.1. The second kappa shape index (κ2) is 12.4. The Bertz CT molecular complexity index is 1150. The van der Waals surface area contributed by atoms with Crippen LogP contribution in [-0.4, -0.2) is 41.9 Å². The second-order valence-corrected chi connectivity index (χ2v) is 7.71. The van der Waals surface area contributed by atoms with Crippen LogP contribution in [0.5, 0.6) is 5.75 Å². The molecule has 0 bridgehead atoms. The zero-order valence-corrected chi connectivity index (χ0v) is 19.8. The number of halogens is 4. The Morgan fingerprint density at radius 3 is 2.44 bits per heavy atom. The van der Waals surface area contributed by atoms with Crippen molar-refractivity contribution in [3.63, 3.8) is 0 Å². The molecule has 10 heteroatoms. The van der Waals surface area contributed by atoms with Gasteiger partial charge in [0.05, 0.1) is 13.2 Å². The Hall–Kier alpha value is -3.53. The van der Waals surface area contributed by atoms with Gasteiger partial charge in [-0.15, -0.1) is 0 Å². The average Bonchev–Trinajstić information content (AvgIpc) is 2.85. The van der Waals surface area contributed by atoms with Crippen LogP contribution in [0.1, 0.15) is 30.7 Å². The van der Waals surface area contributed by atoms with E-state index in [1.54, 1.807) is 38.1 Å². The van der Waals surface area contributed by atoms with Gasteiger partial charge in [0.15, 0.2) is 11.9 Å². The molecule has 3 rings (SSSR count). The molecule has 0 fully saturated rings. The van der Waals surface area contributed by atoms with Crippen LogP contribution in [0.25, 0.3) is 11.4 Å². The molecule has 0 amide bonds. The molecule has 192 valence electrons. The number of benzene rings is 2. The summed E-state index contributed by atoms with van der Waals surface area (Å²) in [6.45, 7) is 4.31. The lowest BCUT2D eigenvalue weighted by molar-refractivity contribution is -0.156. The van der Waals surface area contributed by atoms with E-state index >= 15 is 0 Å². The highest BCUT2D eigenvalue weighted by Crippen LogP contribution is 2.29. The summed E-state index contributed by atoms with van der Waals surface area (Å²) < 4.78 is 69.4. The van der Waals surface area contributed by atoms with Gasteiger partial charge in [0.1, 0.15) is 17.3 Å². The van der Waals surface area contributed by atoms with Gasteiger partial charge in [-0.1, -0.05) is 12.1 Å². The van der Waals surface area contributed by atoms with E-state index in [0.29, 0.717) is 18.8 Å². The van der Waals surface area contributed by atoms with Crippen LogP contribution in [0.3, 0.4) is 0 Å². The van der Waals surface area contributed by atoms with Crippen molar-refractivity contribution >= 4 is 5.97 Å². The van der Waals surface area contributed by atoms with Crippen molar-refractivity contribution in [3.05, 3.63) is 77.4 Å². The molecule has 1 aromatic heterocycles. The molecule has 0 spiro atoms. The highest BCUT2D eigenvalue weighted by Gasteiger charge is 2.32. The molecule has 1 atom stereocenters. The number of hydrogen-bond donors (Lipinski definition) is 0. The Kier molecular flexibility index (Phi) is 9.35. The Morgan fingerprint density at radius 1 is 1.03 bits per heavy atom. The highest BCUT2D eigenvalue weighted by atomic mass is 19.4. The molecule has 36 heavy (non-hydrogen) atoms. The summed E-state index contributed by atoms with van der Waals surface area (Å²) >= 11 is 0. The second-order valence-electron chi connectivity index (χ2n) is 7.71. The molecule has 1 unspecified atom stereocenters. The Balaban J connectivity index is 1.61. The number of hydrogen-bond acceptors (Lipinski definition) is 6. The lowest BCUT2D eigenvalue weighted by atomic mass is 10.1. The maximum atomic E-state index is 14.3. The molecule has 0 saturated carbocycles. The topological polar surface area (TPSA) is 70.5 Å². The Labute approximate surface area is 206 Å². The van der Waals surface area contributed by atoms with E-state index in [9.17, 15) is 22.4 Å². The van der Waals surface area contributed by atoms with Gasteiger partial charge in [0, 0.05) is 31.2 Å². The van der Waals surface area contributed by atoms with Gasteiger partial charge in [-0.05, 0) is 61.4 Å². The van der Waals surface area contributed by atoms with Crippen LogP contribution in [0.2, 0.25) is 0 Å². The number of alkyl halides is 3. The van der Waals surface area contributed by atoms with E-state index in [1.807, 2.05) is 0 Å². The molecule has 6 nitrogen and oxygen atoms in total. The van der Waals surface area contributed by atoms with Gasteiger partial charge in [-0.2, -0.15) is 13.2 Å². The van der Waals surface area contributed by atoms with Crippen molar-refractivity contribution in [2.24, 2.45) is 0 Å². The fourth-order valence-corrected chi connectivity index (χ4v) is 3.42. The molecule has 2 aromatic carbocycles. The largest absolute Gasteiger partial charge is 0.493 e. The SMILES string of the molecule is CCOC(=O)C(Cc1ccc(OCCc2cc(-c3nccc(C(F)(F)F)n3)ccc2F)cc1)OCC. The van der Waals surface area contributed by atoms with Crippen LogP contribution in [0.4, 0.5) is 17.6 Å². The van der Waals surface area contributed by atoms with Crippen molar-refractivity contribution in [1.29, 1.82) is 0 Å². The van der Waals surface area contributed by atoms with Crippen LogP contribution in [0.15, 0.2) is 54.7 Å². The molecule has 0 aliphatic heterocycles. The third kappa shape index (κ3) is 7.48. The molecule has 0 aliphatic carbocycles. The third-order valence-corrected chi connectivity index (χ3v) is 5.15. The third-order valence-electron chi connectivity index (χ3n) is 5.15. The molecule has 0 aliphatic rings. The summed E-state index contributed by atoms with van der Waals surface area (Å²) in [5.41, 5.74) is 0.320. The van der Waals surface area contributed by atoms with Crippen molar-refractivity contribution in [3.8, 4) is 17.1 Å². The van der Waals surface area contributed by atoms with Crippen molar-refractivity contribution < 1.29 is 36.6 Å². The van der Waals surface area contributed by atoms with Gasteiger partial charge >= 0.3 is 12.1 Å². The summed E-state index contributed by atoms with van der Waals surface area (Å²) in [5, 5.41) is 0. The van der Waals surface area contributed by atoms with E-state index in [-0.39, 0.29) is 36.6 Å². The molecular formula is C26H26F4N2O4. The number of ether oxygens (including phenoxy) is 3. The molecular weight excluding hydrogens is 480 g/mol. The summed E-state index contributed by atoms with van der Waals surface area (Å²) in [4.78, 5) is 19.4. The molecule has 0 N–H and O–H groups in total. The Morgan fingerprint density at radius 2 is 1.78 bits per heavy atom. The fraction of sp³-hybridized carbons (Fsp3) is 0.346. The fourth-order valence-electron chi connectivity index (χ4n) is 3.42. The summed E-state index contributed by atoms with van der Waals surface area (Å²) in [7, 11) is 0. The number of nitrogens with zero attached hydrogens (tertiary/aromatic N) is 2. The van der Waals surface area contributed by atoms with E-state index in [0.717, 1.165) is 17.8 Å². The summed E-state index contributed by atoms with van der Waals surface area (Å²) in [5.74, 6) is -0.526. The standard InChI is InChI=1S/C26H26F4N2O4/c1-3-34-22(25(33)35-4-2)15-17-5-8-20(9-6-17)36-14-12-18-16-19(7-10-21(18)27)24-31-13-11-23(32-24)26(28,29)30/h5-11,13,16,22H,3-4,12,14-15H2,1-2H3. The van der Waals surface area contributed by atoms with Gasteiger partial charge in [0.2, 0.25) is 0 Å². The normalized spacial score (nSPS) is 12.3. The first-order valence-corrected chi connectivity index (χ1v) is 11.4.